The monoisotopic (exact) mass is 200 g/mol. The fraction of sp³-hybridized carbons (Fsp3) is 0.778. The summed E-state index contributed by atoms with van der Waals surface area (Å²) in [6.07, 6.45) is 0.777. The number of carbonyl (C=O) groups is 2. The molecule has 1 saturated heterocycles. The minimum absolute atomic E-state index is 0.100. The number of carboxylic acid groups (broad SMARTS) is 1. The van der Waals surface area contributed by atoms with Crippen LogP contribution in [0.1, 0.15) is 20.3 Å². The molecule has 1 aliphatic heterocycles. The summed E-state index contributed by atoms with van der Waals surface area (Å²) in [6.45, 7) is 4.22. The van der Waals surface area contributed by atoms with Crippen LogP contribution in [0.2, 0.25) is 0 Å². The van der Waals surface area contributed by atoms with Crippen LogP contribution in [-0.2, 0) is 9.59 Å². The number of carboxylic acids is 1. The minimum Gasteiger partial charge on any atom is -0.480 e. The standard InChI is InChI=1S/C9H16N2O3/c1-5-7(3-4-10-5)8(12)11-6(2)9(13)14/h5-7,10H,3-4H2,1-2H3,(H,11,12)(H,13,14)/t5?,6-,7?/m0/s1. The Labute approximate surface area is 82.9 Å². The summed E-state index contributed by atoms with van der Waals surface area (Å²) in [7, 11) is 0. The molecule has 5 nitrogen and oxygen atoms in total. The van der Waals surface area contributed by atoms with Gasteiger partial charge >= 0.3 is 5.97 Å². The van der Waals surface area contributed by atoms with Crippen molar-refractivity contribution in [3.05, 3.63) is 0 Å². The Bertz CT molecular complexity index is 242. The smallest absolute Gasteiger partial charge is 0.325 e. The summed E-state index contributed by atoms with van der Waals surface area (Å²) in [6, 6.07) is -0.675. The second-order valence-corrected chi connectivity index (χ2v) is 3.71. The highest BCUT2D eigenvalue weighted by atomic mass is 16.4. The number of nitrogens with one attached hydrogen (secondary N) is 2. The lowest BCUT2D eigenvalue weighted by molar-refractivity contribution is -0.141. The third kappa shape index (κ3) is 2.45. The van der Waals surface area contributed by atoms with Crippen LogP contribution in [0.25, 0.3) is 0 Å². The Morgan fingerprint density at radius 3 is 2.64 bits per heavy atom. The summed E-state index contributed by atoms with van der Waals surface area (Å²) in [5.74, 6) is -1.27. The first-order chi connectivity index (χ1) is 6.52. The number of hydrogen-bond acceptors (Lipinski definition) is 3. The Kier molecular flexibility index (Phi) is 3.46. The Morgan fingerprint density at radius 2 is 2.21 bits per heavy atom. The number of aliphatic carboxylic acids is 1. The molecular weight excluding hydrogens is 184 g/mol. The van der Waals surface area contributed by atoms with Gasteiger partial charge in [-0.25, -0.2) is 0 Å². The van der Waals surface area contributed by atoms with E-state index in [2.05, 4.69) is 10.6 Å². The van der Waals surface area contributed by atoms with Crippen molar-refractivity contribution in [3.63, 3.8) is 0 Å². The van der Waals surface area contributed by atoms with Crippen molar-refractivity contribution in [3.8, 4) is 0 Å². The molecule has 1 heterocycles. The summed E-state index contributed by atoms with van der Waals surface area (Å²) in [4.78, 5) is 22.1. The van der Waals surface area contributed by atoms with E-state index in [1.807, 2.05) is 6.92 Å². The Morgan fingerprint density at radius 1 is 1.57 bits per heavy atom. The zero-order valence-electron chi connectivity index (χ0n) is 8.41. The molecule has 1 rings (SSSR count). The molecule has 0 radical (unpaired) electrons. The van der Waals surface area contributed by atoms with Gasteiger partial charge in [0, 0.05) is 6.04 Å². The van der Waals surface area contributed by atoms with Gasteiger partial charge in [-0.1, -0.05) is 0 Å². The van der Waals surface area contributed by atoms with Crippen molar-refractivity contribution >= 4 is 11.9 Å². The Balaban J connectivity index is 2.45. The molecular formula is C9H16N2O3. The number of hydrogen-bond donors (Lipinski definition) is 3. The second kappa shape index (κ2) is 4.41. The molecule has 14 heavy (non-hydrogen) atoms. The average molecular weight is 200 g/mol. The van der Waals surface area contributed by atoms with Crippen molar-refractivity contribution in [1.82, 2.24) is 10.6 Å². The summed E-state index contributed by atoms with van der Waals surface area (Å²) >= 11 is 0. The molecule has 0 aromatic carbocycles. The van der Waals surface area contributed by atoms with Gasteiger partial charge in [0.2, 0.25) is 5.91 Å². The number of rotatable bonds is 3. The van der Waals surface area contributed by atoms with Crippen molar-refractivity contribution in [2.75, 3.05) is 6.54 Å². The van der Waals surface area contributed by atoms with Gasteiger partial charge in [0.15, 0.2) is 0 Å². The normalized spacial score (nSPS) is 28.4. The van der Waals surface area contributed by atoms with E-state index in [0.29, 0.717) is 0 Å². The van der Waals surface area contributed by atoms with E-state index < -0.39 is 12.0 Å². The fourth-order valence-corrected chi connectivity index (χ4v) is 1.60. The molecule has 3 N–H and O–H groups in total. The summed E-state index contributed by atoms with van der Waals surface area (Å²) in [5, 5.41) is 14.2. The van der Waals surface area contributed by atoms with Gasteiger partial charge in [-0.3, -0.25) is 9.59 Å². The van der Waals surface area contributed by atoms with Gasteiger partial charge in [-0.15, -0.1) is 0 Å². The van der Waals surface area contributed by atoms with E-state index in [9.17, 15) is 9.59 Å². The lowest BCUT2D eigenvalue weighted by Gasteiger charge is -2.16. The van der Waals surface area contributed by atoms with Crippen LogP contribution in [0.4, 0.5) is 0 Å². The summed E-state index contributed by atoms with van der Waals surface area (Å²) in [5.41, 5.74) is 0. The van der Waals surface area contributed by atoms with Gasteiger partial charge in [-0.05, 0) is 26.8 Å². The van der Waals surface area contributed by atoms with E-state index in [4.69, 9.17) is 5.11 Å². The van der Waals surface area contributed by atoms with E-state index >= 15 is 0 Å². The third-order valence-corrected chi connectivity index (χ3v) is 2.59. The molecule has 2 unspecified atom stereocenters. The molecule has 0 aromatic heterocycles. The SMILES string of the molecule is CC1NCCC1C(=O)N[C@@H](C)C(=O)O. The van der Waals surface area contributed by atoms with Crippen molar-refractivity contribution in [2.45, 2.75) is 32.4 Å². The van der Waals surface area contributed by atoms with Crippen LogP contribution < -0.4 is 10.6 Å². The lowest BCUT2D eigenvalue weighted by atomic mass is 10.0. The molecule has 5 heteroatoms. The number of amides is 1. The molecule has 1 fully saturated rings. The van der Waals surface area contributed by atoms with Gasteiger partial charge in [0.1, 0.15) is 6.04 Å². The first-order valence-corrected chi connectivity index (χ1v) is 4.79. The molecule has 3 atom stereocenters. The fourth-order valence-electron chi connectivity index (χ4n) is 1.60. The van der Waals surface area contributed by atoms with E-state index in [1.165, 1.54) is 6.92 Å². The minimum atomic E-state index is -1.00. The predicted molar refractivity (Wildman–Crippen MR) is 50.8 cm³/mol. The largest absolute Gasteiger partial charge is 0.480 e. The maximum Gasteiger partial charge on any atom is 0.325 e. The van der Waals surface area contributed by atoms with E-state index in [-0.39, 0.29) is 17.9 Å². The highest BCUT2D eigenvalue weighted by Gasteiger charge is 2.30. The average Bonchev–Trinajstić information content (AvgIpc) is 2.51. The molecule has 0 aliphatic carbocycles. The highest BCUT2D eigenvalue weighted by molar-refractivity contribution is 5.85. The topological polar surface area (TPSA) is 78.4 Å². The van der Waals surface area contributed by atoms with Gasteiger partial charge in [0.25, 0.3) is 0 Å². The maximum absolute atomic E-state index is 11.6. The molecule has 0 aromatic rings. The van der Waals surface area contributed by atoms with Crippen molar-refractivity contribution in [1.29, 1.82) is 0 Å². The molecule has 1 amide bonds. The van der Waals surface area contributed by atoms with Crippen LogP contribution in [0.15, 0.2) is 0 Å². The number of carbonyl (C=O) groups excluding carboxylic acids is 1. The third-order valence-electron chi connectivity index (χ3n) is 2.59. The van der Waals surface area contributed by atoms with Crippen LogP contribution in [0.3, 0.4) is 0 Å². The second-order valence-electron chi connectivity index (χ2n) is 3.71. The van der Waals surface area contributed by atoms with Gasteiger partial charge in [-0.2, -0.15) is 0 Å². The molecule has 80 valence electrons. The summed E-state index contributed by atoms with van der Waals surface area (Å²) < 4.78 is 0. The van der Waals surface area contributed by atoms with Gasteiger partial charge < -0.3 is 15.7 Å². The van der Waals surface area contributed by atoms with Crippen molar-refractivity contribution < 1.29 is 14.7 Å². The highest BCUT2D eigenvalue weighted by Crippen LogP contribution is 2.15. The van der Waals surface area contributed by atoms with Crippen molar-refractivity contribution in [2.24, 2.45) is 5.92 Å². The Hall–Kier alpha value is -1.10. The first kappa shape index (κ1) is 11.0. The zero-order valence-corrected chi connectivity index (χ0v) is 8.41. The van der Waals surface area contributed by atoms with Crippen LogP contribution in [0, 0.1) is 5.92 Å². The molecule has 1 aliphatic rings. The van der Waals surface area contributed by atoms with E-state index in [1.54, 1.807) is 0 Å². The van der Waals surface area contributed by atoms with Crippen LogP contribution in [-0.4, -0.2) is 35.6 Å². The molecule has 0 bridgehead atoms. The molecule has 0 saturated carbocycles. The van der Waals surface area contributed by atoms with E-state index in [0.717, 1.165) is 13.0 Å². The maximum atomic E-state index is 11.6. The molecule has 0 spiro atoms. The lowest BCUT2D eigenvalue weighted by Crippen LogP contribution is -2.44. The zero-order chi connectivity index (χ0) is 10.7. The quantitative estimate of drug-likeness (QED) is 0.578. The van der Waals surface area contributed by atoms with Gasteiger partial charge in [0.05, 0.1) is 5.92 Å². The predicted octanol–water partition coefficient (Wildman–Crippen LogP) is -0.426. The van der Waals surface area contributed by atoms with Crippen LogP contribution in [0.5, 0.6) is 0 Å². The van der Waals surface area contributed by atoms with Crippen LogP contribution >= 0.6 is 0 Å². The first-order valence-electron chi connectivity index (χ1n) is 4.79.